The predicted molar refractivity (Wildman–Crippen MR) is 102 cm³/mol. The number of fused-ring (bicyclic) bond motifs is 2. The molecule has 24 heavy (non-hydrogen) atoms. The van der Waals surface area contributed by atoms with Gasteiger partial charge in [-0.15, -0.1) is 0 Å². The molecule has 3 N–H and O–H groups in total. The molecule has 4 aromatic rings. The Balaban J connectivity index is 2.02. The lowest BCUT2D eigenvalue weighted by molar-refractivity contribution is 1.07. The summed E-state index contributed by atoms with van der Waals surface area (Å²) in [6, 6.07) is 29.0. The zero-order valence-electron chi connectivity index (χ0n) is 13.2. The second-order valence-electron chi connectivity index (χ2n) is 6.03. The van der Waals surface area contributed by atoms with Crippen molar-refractivity contribution in [3.8, 4) is 0 Å². The van der Waals surface area contributed by atoms with Crippen LogP contribution in [0, 0.1) is 5.41 Å². The molecule has 0 atom stereocenters. The van der Waals surface area contributed by atoms with Crippen molar-refractivity contribution >= 4 is 27.4 Å². The maximum Gasteiger partial charge on any atom is 0.103 e. The molecule has 0 saturated heterocycles. The second kappa shape index (κ2) is 5.82. The van der Waals surface area contributed by atoms with Crippen LogP contribution in [-0.2, 0) is 0 Å². The van der Waals surface area contributed by atoms with Gasteiger partial charge in [0.1, 0.15) is 5.84 Å². The quantitative estimate of drug-likeness (QED) is 0.403. The molecule has 0 amide bonds. The molecule has 2 nitrogen and oxygen atoms in total. The predicted octanol–water partition coefficient (Wildman–Crippen LogP) is 5.06. The van der Waals surface area contributed by atoms with E-state index in [1.807, 2.05) is 36.4 Å². The summed E-state index contributed by atoms with van der Waals surface area (Å²) in [4.78, 5) is 0. The van der Waals surface area contributed by atoms with E-state index in [4.69, 9.17) is 11.1 Å². The van der Waals surface area contributed by atoms with Gasteiger partial charge in [0.05, 0.1) is 5.92 Å². The van der Waals surface area contributed by atoms with Crippen molar-refractivity contribution in [1.29, 1.82) is 5.41 Å². The highest BCUT2D eigenvalue weighted by Gasteiger charge is 2.21. The Hall–Kier alpha value is -3.13. The van der Waals surface area contributed by atoms with E-state index < -0.39 is 0 Å². The minimum absolute atomic E-state index is 0.169. The van der Waals surface area contributed by atoms with E-state index >= 15 is 0 Å². The molecule has 0 bridgehead atoms. The van der Waals surface area contributed by atoms with Crippen molar-refractivity contribution in [2.75, 3.05) is 0 Å². The molecule has 4 aromatic carbocycles. The minimum atomic E-state index is -0.248. The Labute approximate surface area is 141 Å². The van der Waals surface area contributed by atoms with Gasteiger partial charge in [0.25, 0.3) is 0 Å². The molecule has 0 aromatic heterocycles. The highest BCUT2D eigenvalue weighted by molar-refractivity contribution is 5.99. The average Bonchev–Trinajstić information content (AvgIpc) is 2.62. The third-order valence-corrected chi connectivity index (χ3v) is 4.58. The fourth-order valence-corrected chi connectivity index (χ4v) is 3.51. The Morgan fingerprint density at radius 3 is 1.50 bits per heavy atom. The zero-order valence-corrected chi connectivity index (χ0v) is 13.2. The van der Waals surface area contributed by atoms with Crippen LogP contribution in [0.4, 0.5) is 0 Å². The summed E-state index contributed by atoms with van der Waals surface area (Å²) >= 11 is 0. The van der Waals surface area contributed by atoms with Gasteiger partial charge in [-0.3, -0.25) is 5.41 Å². The van der Waals surface area contributed by atoms with Crippen LogP contribution in [0.1, 0.15) is 17.0 Å². The lowest BCUT2D eigenvalue weighted by Crippen LogP contribution is -2.22. The summed E-state index contributed by atoms with van der Waals surface area (Å²) in [7, 11) is 0. The zero-order chi connectivity index (χ0) is 16.5. The molecule has 2 heteroatoms. The number of nitrogens with two attached hydrogens (primary N) is 1. The van der Waals surface area contributed by atoms with Crippen LogP contribution in [0.5, 0.6) is 0 Å². The third kappa shape index (κ3) is 2.33. The highest BCUT2D eigenvalue weighted by Crippen LogP contribution is 2.34. The monoisotopic (exact) mass is 310 g/mol. The van der Waals surface area contributed by atoms with Gasteiger partial charge in [-0.05, 0) is 32.7 Å². The summed E-state index contributed by atoms with van der Waals surface area (Å²) in [6.07, 6.45) is 0. The van der Waals surface area contributed by atoms with Gasteiger partial charge in [0, 0.05) is 0 Å². The first-order valence-corrected chi connectivity index (χ1v) is 8.05. The molecule has 0 saturated carbocycles. The highest BCUT2D eigenvalue weighted by atomic mass is 14.7. The molecule has 0 heterocycles. The van der Waals surface area contributed by atoms with Crippen LogP contribution in [0.2, 0.25) is 0 Å². The SMILES string of the molecule is N=C(N)C(c1cccc2ccccc12)c1cccc2ccccc12. The summed E-state index contributed by atoms with van der Waals surface area (Å²) in [5.74, 6) is -0.0788. The summed E-state index contributed by atoms with van der Waals surface area (Å²) in [6.45, 7) is 0. The molecular formula is C22H18N2. The normalized spacial score (nSPS) is 11.2. The Kier molecular flexibility index (Phi) is 3.51. The van der Waals surface area contributed by atoms with Gasteiger partial charge in [-0.2, -0.15) is 0 Å². The molecule has 116 valence electrons. The van der Waals surface area contributed by atoms with Gasteiger partial charge in [-0.25, -0.2) is 0 Å². The molecule has 0 unspecified atom stereocenters. The van der Waals surface area contributed by atoms with Gasteiger partial charge in [0.2, 0.25) is 0 Å². The fraction of sp³-hybridized carbons (Fsp3) is 0.0455. The Morgan fingerprint density at radius 2 is 1.04 bits per heavy atom. The van der Waals surface area contributed by atoms with Crippen molar-refractivity contribution in [3.63, 3.8) is 0 Å². The van der Waals surface area contributed by atoms with Crippen molar-refractivity contribution < 1.29 is 0 Å². The maximum absolute atomic E-state index is 8.25. The molecule has 0 fully saturated rings. The first-order chi connectivity index (χ1) is 11.8. The minimum Gasteiger partial charge on any atom is -0.387 e. The van der Waals surface area contributed by atoms with E-state index in [0.29, 0.717) is 0 Å². The van der Waals surface area contributed by atoms with E-state index in [-0.39, 0.29) is 11.8 Å². The van der Waals surface area contributed by atoms with Crippen LogP contribution < -0.4 is 5.73 Å². The van der Waals surface area contributed by atoms with Crippen LogP contribution in [0.15, 0.2) is 84.9 Å². The summed E-state index contributed by atoms with van der Waals surface area (Å²) in [5, 5.41) is 12.9. The van der Waals surface area contributed by atoms with E-state index in [0.717, 1.165) is 21.9 Å². The van der Waals surface area contributed by atoms with Crippen molar-refractivity contribution in [2.45, 2.75) is 5.92 Å². The number of benzene rings is 4. The number of amidine groups is 1. The largest absolute Gasteiger partial charge is 0.387 e. The van der Waals surface area contributed by atoms with E-state index in [9.17, 15) is 0 Å². The first kappa shape index (κ1) is 14.5. The van der Waals surface area contributed by atoms with Gasteiger partial charge in [0.15, 0.2) is 0 Å². The lowest BCUT2D eigenvalue weighted by atomic mass is 9.84. The van der Waals surface area contributed by atoms with E-state index in [2.05, 4.69) is 48.5 Å². The van der Waals surface area contributed by atoms with E-state index in [1.165, 1.54) is 10.8 Å². The maximum atomic E-state index is 8.25. The Bertz CT molecular complexity index is 960. The smallest absolute Gasteiger partial charge is 0.103 e. The second-order valence-corrected chi connectivity index (χ2v) is 6.03. The molecule has 0 spiro atoms. The molecular weight excluding hydrogens is 292 g/mol. The van der Waals surface area contributed by atoms with Crippen molar-refractivity contribution in [3.05, 3.63) is 96.1 Å². The molecule has 0 aliphatic heterocycles. The number of hydrogen-bond acceptors (Lipinski definition) is 1. The summed E-state index contributed by atoms with van der Waals surface area (Å²) < 4.78 is 0. The first-order valence-electron chi connectivity index (χ1n) is 8.05. The third-order valence-electron chi connectivity index (χ3n) is 4.58. The van der Waals surface area contributed by atoms with Gasteiger partial charge < -0.3 is 5.73 Å². The van der Waals surface area contributed by atoms with Crippen LogP contribution in [-0.4, -0.2) is 5.84 Å². The van der Waals surface area contributed by atoms with Crippen molar-refractivity contribution in [2.24, 2.45) is 5.73 Å². The van der Waals surface area contributed by atoms with Crippen LogP contribution in [0.3, 0.4) is 0 Å². The molecule has 0 aliphatic rings. The van der Waals surface area contributed by atoms with Gasteiger partial charge in [-0.1, -0.05) is 84.9 Å². The van der Waals surface area contributed by atoms with Crippen LogP contribution >= 0.6 is 0 Å². The number of hydrogen-bond donors (Lipinski definition) is 2. The van der Waals surface area contributed by atoms with Crippen LogP contribution in [0.25, 0.3) is 21.5 Å². The summed E-state index contributed by atoms with van der Waals surface area (Å²) in [5.41, 5.74) is 8.23. The Morgan fingerprint density at radius 1 is 0.625 bits per heavy atom. The topological polar surface area (TPSA) is 49.9 Å². The molecule has 0 aliphatic carbocycles. The lowest BCUT2D eigenvalue weighted by Gasteiger charge is -2.20. The fourth-order valence-electron chi connectivity index (χ4n) is 3.51. The number of rotatable bonds is 3. The average molecular weight is 310 g/mol. The molecule has 0 radical (unpaired) electrons. The van der Waals surface area contributed by atoms with Crippen molar-refractivity contribution in [1.82, 2.24) is 0 Å². The van der Waals surface area contributed by atoms with E-state index in [1.54, 1.807) is 0 Å². The standard InChI is InChI=1S/C22H18N2/c23-22(24)21(19-13-5-9-15-7-1-3-11-17(15)19)20-14-6-10-16-8-2-4-12-18(16)20/h1-14,21H,(H3,23,24). The van der Waals surface area contributed by atoms with Gasteiger partial charge >= 0.3 is 0 Å². The molecule has 4 rings (SSSR count). The number of nitrogens with one attached hydrogen (secondary N) is 1.